The van der Waals surface area contributed by atoms with Crippen LogP contribution >= 0.6 is 46.9 Å². The van der Waals surface area contributed by atoms with E-state index in [1.807, 2.05) is 31.3 Å². The summed E-state index contributed by atoms with van der Waals surface area (Å²) < 4.78 is 5.58. The Morgan fingerprint density at radius 3 is 2.79 bits per heavy atom. The van der Waals surface area contributed by atoms with Gasteiger partial charge in [-0.15, -0.1) is 24.0 Å². The molecule has 0 saturated carbocycles. The van der Waals surface area contributed by atoms with Crippen molar-refractivity contribution in [3.05, 3.63) is 57.2 Å². The van der Waals surface area contributed by atoms with Crippen LogP contribution in [0.25, 0.3) is 0 Å². The molecule has 4 nitrogen and oxygen atoms in total. The first-order valence-corrected chi connectivity index (χ1v) is 8.67. The number of hydrogen-bond acceptors (Lipinski definition) is 3. The predicted molar refractivity (Wildman–Crippen MR) is 114 cm³/mol. The van der Waals surface area contributed by atoms with Gasteiger partial charge in [-0.1, -0.05) is 23.7 Å². The molecule has 2 aromatic rings. The van der Waals surface area contributed by atoms with E-state index >= 15 is 0 Å². The molecule has 24 heavy (non-hydrogen) atoms. The zero-order valence-electron chi connectivity index (χ0n) is 14.0. The molecule has 1 atom stereocenters. The standard InChI is InChI=1S/C17H22ClN3OS.HI/c1-19-17(21(2)11-13-7-8-23-12-13)20-10-16(22-3)14-5-4-6-15(18)9-14;/h4-9,12,16H,10-11H2,1-3H3,(H,19,20);1H. The number of guanidine groups is 1. The lowest BCUT2D eigenvalue weighted by Gasteiger charge is -2.24. The van der Waals surface area contributed by atoms with Crippen molar-refractivity contribution in [3.63, 3.8) is 0 Å². The number of benzene rings is 1. The van der Waals surface area contributed by atoms with E-state index in [9.17, 15) is 0 Å². The predicted octanol–water partition coefficient (Wildman–Crippen LogP) is 4.41. The van der Waals surface area contributed by atoms with Gasteiger partial charge in [-0.2, -0.15) is 11.3 Å². The molecule has 0 fully saturated rings. The maximum absolute atomic E-state index is 6.06. The first-order valence-electron chi connectivity index (χ1n) is 7.35. The molecule has 0 saturated heterocycles. The molecule has 1 aromatic carbocycles. The van der Waals surface area contributed by atoms with Gasteiger partial charge in [0.15, 0.2) is 5.96 Å². The van der Waals surface area contributed by atoms with Crippen LogP contribution in [0.1, 0.15) is 17.2 Å². The van der Waals surface area contributed by atoms with Crippen molar-refractivity contribution >= 4 is 52.9 Å². The van der Waals surface area contributed by atoms with Crippen LogP contribution in [0.4, 0.5) is 0 Å². The molecule has 0 bridgehead atoms. The summed E-state index contributed by atoms with van der Waals surface area (Å²) in [6, 6.07) is 9.85. The Bertz CT molecular complexity index is 637. The molecule has 2 rings (SSSR count). The van der Waals surface area contributed by atoms with Gasteiger partial charge in [-0.3, -0.25) is 4.99 Å². The van der Waals surface area contributed by atoms with Gasteiger partial charge < -0.3 is 15.0 Å². The third-order valence-electron chi connectivity index (χ3n) is 3.52. The number of thiophene rings is 1. The average molecular weight is 480 g/mol. The number of rotatable bonds is 6. The van der Waals surface area contributed by atoms with Crippen LogP contribution in [0.2, 0.25) is 5.02 Å². The summed E-state index contributed by atoms with van der Waals surface area (Å²) in [6.45, 7) is 1.44. The molecule has 1 aromatic heterocycles. The first-order chi connectivity index (χ1) is 11.1. The van der Waals surface area contributed by atoms with Gasteiger partial charge in [0.05, 0.1) is 6.10 Å². The monoisotopic (exact) mass is 479 g/mol. The minimum atomic E-state index is -0.0833. The highest BCUT2D eigenvalue weighted by Gasteiger charge is 2.13. The van der Waals surface area contributed by atoms with Gasteiger partial charge in [0.1, 0.15) is 0 Å². The molecule has 0 spiro atoms. The van der Waals surface area contributed by atoms with Gasteiger partial charge >= 0.3 is 0 Å². The Labute approximate surface area is 169 Å². The summed E-state index contributed by atoms with van der Waals surface area (Å²) in [4.78, 5) is 6.43. The zero-order chi connectivity index (χ0) is 16.7. The van der Waals surface area contributed by atoms with Crippen LogP contribution in [-0.2, 0) is 11.3 Å². The molecule has 0 aliphatic heterocycles. The molecular weight excluding hydrogens is 457 g/mol. The minimum Gasteiger partial charge on any atom is -0.375 e. The highest BCUT2D eigenvalue weighted by molar-refractivity contribution is 14.0. The number of hydrogen-bond donors (Lipinski definition) is 1. The maximum Gasteiger partial charge on any atom is 0.193 e. The lowest BCUT2D eigenvalue weighted by atomic mass is 10.1. The van der Waals surface area contributed by atoms with Gasteiger partial charge in [0.2, 0.25) is 0 Å². The molecule has 1 heterocycles. The lowest BCUT2D eigenvalue weighted by Crippen LogP contribution is -2.40. The number of nitrogens with zero attached hydrogens (tertiary/aromatic N) is 2. The van der Waals surface area contributed by atoms with Gasteiger partial charge in [0, 0.05) is 39.3 Å². The van der Waals surface area contributed by atoms with Crippen molar-refractivity contribution in [3.8, 4) is 0 Å². The van der Waals surface area contributed by atoms with E-state index in [0.717, 1.165) is 18.1 Å². The van der Waals surface area contributed by atoms with Crippen molar-refractivity contribution in [2.24, 2.45) is 4.99 Å². The molecule has 7 heteroatoms. The van der Waals surface area contributed by atoms with Crippen LogP contribution in [0, 0.1) is 0 Å². The van der Waals surface area contributed by atoms with Crippen molar-refractivity contribution in [1.29, 1.82) is 0 Å². The molecule has 0 aliphatic carbocycles. The Morgan fingerprint density at radius 2 is 2.21 bits per heavy atom. The molecule has 0 aliphatic rings. The number of halogens is 2. The number of methoxy groups -OCH3 is 1. The number of aliphatic imine (C=N–C) groups is 1. The second-order valence-electron chi connectivity index (χ2n) is 5.20. The zero-order valence-corrected chi connectivity index (χ0v) is 17.9. The highest BCUT2D eigenvalue weighted by Crippen LogP contribution is 2.19. The van der Waals surface area contributed by atoms with Gasteiger partial charge in [0.25, 0.3) is 0 Å². The number of ether oxygens (including phenoxy) is 1. The quantitative estimate of drug-likeness (QED) is 0.379. The van der Waals surface area contributed by atoms with E-state index in [1.54, 1.807) is 25.5 Å². The molecule has 0 amide bonds. The summed E-state index contributed by atoms with van der Waals surface area (Å²) in [5, 5.41) is 8.30. The fourth-order valence-electron chi connectivity index (χ4n) is 2.34. The van der Waals surface area contributed by atoms with E-state index < -0.39 is 0 Å². The summed E-state index contributed by atoms with van der Waals surface area (Å²) in [5.41, 5.74) is 2.32. The topological polar surface area (TPSA) is 36.9 Å². The molecular formula is C17H23ClIN3OS. The SMILES string of the molecule is CN=C(NCC(OC)c1cccc(Cl)c1)N(C)Cc1ccsc1.I. The van der Waals surface area contributed by atoms with Crippen LogP contribution in [0.5, 0.6) is 0 Å². The second-order valence-corrected chi connectivity index (χ2v) is 6.41. The third kappa shape index (κ3) is 6.23. The van der Waals surface area contributed by atoms with Crippen LogP contribution < -0.4 is 5.32 Å². The molecule has 1 unspecified atom stereocenters. The fraction of sp³-hybridized carbons (Fsp3) is 0.353. The first kappa shape index (κ1) is 21.2. The Balaban J connectivity index is 0.00000288. The summed E-state index contributed by atoms with van der Waals surface area (Å²) >= 11 is 7.76. The Hall–Kier alpha value is -0.830. The molecule has 1 N–H and O–H groups in total. The van der Waals surface area contributed by atoms with Gasteiger partial charge in [-0.05, 0) is 40.1 Å². The normalized spacial score (nSPS) is 12.4. The van der Waals surface area contributed by atoms with Gasteiger partial charge in [-0.25, -0.2) is 0 Å². The summed E-state index contributed by atoms with van der Waals surface area (Å²) in [7, 11) is 5.51. The molecule has 132 valence electrons. The van der Waals surface area contributed by atoms with E-state index in [-0.39, 0.29) is 30.1 Å². The van der Waals surface area contributed by atoms with Crippen LogP contribution in [0.15, 0.2) is 46.1 Å². The lowest BCUT2D eigenvalue weighted by molar-refractivity contribution is 0.106. The summed E-state index contributed by atoms with van der Waals surface area (Å²) in [5.74, 6) is 0.834. The number of nitrogens with one attached hydrogen (secondary N) is 1. The molecule has 0 radical (unpaired) electrons. The largest absolute Gasteiger partial charge is 0.375 e. The maximum atomic E-state index is 6.06. The van der Waals surface area contributed by atoms with E-state index in [0.29, 0.717) is 11.6 Å². The third-order valence-corrected chi connectivity index (χ3v) is 4.49. The van der Waals surface area contributed by atoms with Crippen molar-refractivity contribution < 1.29 is 4.74 Å². The van der Waals surface area contributed by atoms with Crippen molar-refractivity contribution in [2.45, 2.75) is 12.6 Å². The van der Waals surface area contributed by atoms with Crippen LogP contribution in [0.3, 0.4) is 0 Å². The fourth-order valence-corrected chi connectivity index (χ4v) is 3.20. The summed E-state index contributed by atoms with van der Waals surface area (Å²) in [6.07, 6.45) is -0.0833. The Morgan fingerprint density at radius 1 is 1.42 bits per heavy atom. The highest BCUT2D eigenvalue weighted by atomic mass is 127. The minimum absolute atomic E-state index is 0. The van der Waals surface area contributed by atoms with Crippen molar-refractivity contribution in [1.82, 2.24) is 10.2 Å². The van der Waals surface area contributed by atoms with Crippen LogP contribution in [-0.4, -0.2) is 38.6 Å². The van der Waals surface area contributed by atoms with E-state index in [4.69, 9.17) is 16.3 Å². The smallest absolute Gasteiger partial charge is 0.193 e. The van der Waals surface area contributed by atoms with E-state index in [1.165, 1.54) is 5.56 Å². The second kappa shape index (κ2) is 10.9. The Kier molecular flexibility index (Phi) is 9.65. The average Bonchev–Trinajstić information content (AvgIpc) is 3.04. The van der Waals surface area contributed by atoms with E-state index in [2.05, 4.69) is 32.0 Å². The van der Waals surface area contributed by atoms with Crippen molar-refractivity contribution in [2.75, 3.05) is 27.7 Å².